The average Bonchev–Trinajstić information content (AvgIpc) is 3.12. The number of nitrogens with zero attached hydrogens (tertiary/aromatic N) is 2. The molecule has 49 heavy (non-hydrogen) atoms. The molecule has 2 N–H and O–H groups in total. The molecule has 0 saturated carbocycles. The molecule has 0 spiro atoms. The van der Waals surface area contributed by atoms with E-state index in [9.17, 15) is 13.0 Å². The summed E-state index contributed by atoms with van der Waals surface area (Å²) in [4.78, 5) is 2.84. The number of aromatic nitrogens is 1. The molecule has 0 amide bonds. The number of hydrogen-bond donors (Lipinski definition) is 2. The number of benzene rings is 4. The van der Waals surface area contributed by atoms with Crippen molar-refractivity contribution >= 4 is 50.9 Å². The van der Waals surface area contributed by atoms with E-state index in [0.717, 1.165) is 56.0 Å². The van der Waals surface area contributed by atoms with E-state index < -0.39 is 10.1 Å². The van der Waals surface area contributed by atoms with Gasteiger partial charge in [-0.2, -0.15) is 13.0 Å². The Kier molecular flexibility index (Phi) is 10.6. The Bertz CT molecular complexity index is 2150. The second-order valence-electron chi connectivity index (χ2n) is 11.2. The van der Waals surface area contributed by atoms with Crippen LogP contribution in [0.15, 0.2) is 119 Å². The molecule has 1 aliphatic heterocycles. The maximum absolute atomic E-state index is 12.3. The first-order valence-electron chi connectivity index (χ1n) is 15.4. The lowest BCUT2D eigenvalue weighted by Gasteiger charge is -2.30. The van der Waals surface area contributed by atoms with Crippen LogP contribution in [-0.2, 0) is 38.9 Å². The molecule has 10 nitrogen and oxygen atoms in total. The summed E-state index contributed by atoms with van der Waals surface area (Å²) in [5, 5.41) is 13.7. The number of fused-ring (bicyclic) bond motifs is 2. The number of methoxy groups -OCH3 is 2. The first-order chi connectivity index (χ1) is 23.8. The van der Waals surface area contributed by atoms with Gasteiger partial charge in [0.1, 0.15) is 16.4 Å². The van der Waals surface area contributed by atoms with Gasteiger partial charge in [0, 0.05) is 58.9 Å². The third kappa shape index (κ3) is 7.81. The van der Waals surface area contributed by atoms with Crippen molar-refractivity contribution in [3.8, 4) is 11.5 Å². The molecule has 0 radical (unpaired) electrons. The third-order valence-corrected chi connectivity index (χ3v) is 10.1. The number of allylic oxidation sites excluding steroid dienone is 1. The minimum absolute atomic E-state index is 0.169. The maximum atomic E-state index is 12.3. The lowest BCUT2D eigenvalue weighted by Crippen LogP contribution is -2.39. The monoisotopic (exact) mass is 699 g/mol. The summed E-state index contributed by atoms with van der Waals surface area (Å²) in [5.41, 5.74) is 6.46. The minimum Gasteiger partial charge on any atom is -0.497 e. The Morgan fingerprint density at radius 1 is 0.837 bits per heavy atom. The fourth-order valence-electron chi connectivity index (χ4n) is 6.03. The largest absolute Gasteiger partial charge is 0.497 e. The van der Waals surface area contributed by atoms with Crippen LogP contribution in [-0.4, -0.2) is 39.0 Å². The van der Waals surface area contributed by atoms with Gasteiger partial charge in [-0.25, -0.2) is 5.26 Å². The summed E-state index contributed by atoms with van der Waals surface area (Å²) in [7, 11) is -1.44. The molecule has 0 atom stereocenters. The molecule has 6 rings (SSSR count). The van der Waals surface area contributed by atoms with Crippen molar-refractivity contribution in [2.45, 2.75) is 29.2 Å². The highest BCUT2D eigenvalue weighted by atomic mass is 32.2. The number of pyridine rings is 1. The zero-order valence-corrected chi connectivity index (χ0v) is 28.5. The predicted molar refractivity (Wildman–Crippen MR) is 189 cm³/mol. The number of ether oxygens (including phenoxy) is 2. The highest BCUT2D eigenvalue weighted by molar-refractivity contribution is 7.94. The smallest absolute Gasteiger partial charge is 0.294 e. The van der Waals surface area contributed by atoms with Gasteiger partial charge < -0.3 is 14.4 Å². The van der Waals surface area contributed by atoms with Crippen LogP contribution >= 0.6 is 12.0 Å². The van der Waals surface area contributed by atoms with E-state index in [-0.39, 0.29) is 4.90 Å². The van der Waals surface area contributed by atoms with Gasteiger partial charge in [0.05, 0.1) is 26.3 Å². The lowest BCUT2D eigenvalue weighted by atomic mass is 10.0. The number of anilines is 1. The molecule has 0 unspecified atom stereocenters. The van der Waals surface area contributed by atoms with Gasteiger partial charge in [-0.05, 0) is 65.6 Å². The molecule has 0 bridgehead atoms. The van der Waals surface area contributed by atoms with E-state index in [4.69, 9.17) is 19.1 Å². The molecular formula is C37H35N2O8S2+. The van der Waals surface area contributed by atoms with Crippen LogP contribution in [0.1, 0.15) is 22.4 Å². The Morgan fingerprint density at radius 2 is 1.57 bits per heavy atom. The highest BCUT2D eigenvalue weighted by Gasteiger charge is 2.23. The highest BCUT2D eigenvalue weighted by Crippen LogP contribution is 2.34. The van der Waals surface area contributed by atoms with Crippen LogP contribution in [0.2, 0.25) is 0 Å². The number of rotatable bonds is 13. The zero-order valence-electron chi connectivity index (χ0n) is 26.9. The Hall–Kier alpha value is -4.69. The van der Waals surface area contributed by atoms with Gasteiger partial charge in [0.2, 0.25) is 11.2 Å². The Morgan fingerprint density at radius 3 is 2.35 bits per heavy atom. The fourth-order valence-corrected chi connectivity index (χ4v) is 7.34. The molecule has 0 fully saturated rings. The van der Waals surface area contributed by atoms with Crippen molar-refractivity contribution in [3.63, 3.8) is 0 Å². The van der Waals surface area contributed by atoms with Crippen LogP contribution in [0.3, 0.4) is 0 Å². The van der Waals surface area contributed by atoms with E-state index in [1.807, 2.05) is 54.6 Å². The predicted octanol–water partition coefficient (Wildman–Crippen LogP) is 7.18. The SMILES string of the molecule is COc1ccc(CCN2C(=Cc3ccc4ccccc4[n+]3CCc3ccc(OC)cc3S(=O)(=O)O)C=Cc3ccccc32)c(SOOO)c1. The molecule has 0 saturated heterocycles. The van der Waals surface area contributed by atoms with Crippen molar-refractivity contribution in [2.75, 3.05) is 25.7 Å². The van der Waals surface area contributed by atoms with Crippen LogP contribution in [0, 0.1) is 0 Å². The van der Waals surface area contributed by atoms with E-state index in [2.05, 4.69) is 57.0 Å². The molecule has 1 aromatic heterocycles. The van der Waals surface area contributed by atoms with Gasteiger partial charge >= 0.3 is 0 Å². The minimum atomic E-state index is -4.48. The van der Waals surface area contributed by atoms with Crippen molar-refractivity contribution in [3.05, 3.63) is 131 Å². The first-order valence-corrected chi connectivity index (χ1v) is 17.6. The second kappa shape index (κ2) is 15.2. The van der Waals surface area contributed by atoms with Crippen molar-refractivity contribution in [1.82, 2.24) is 0 Å². The molecule has 2 heterocycles. The normalized spacial score (nSPS) is 13.6. The molecular weight excluding hydrogens is 665 g/mol. The van der Waals surface area contributed by atoms with E-state index in [1.165, 1.54) is 13.2 Å². The van der Waals surface area contributed by atoms with Crippen LogP contribution in [0.5, 0.6) is 11.5 Å². The summed E-state index contributed by atoms with van der Waals surface area (Å²) >= 11 is 0.900. The van der Waals surface area contributed by atoms with E-state index in [1.54, 1.807) is 19.2 Å². The van der Waals surface area contributed by atoms with E-state index >= 15 is 0 Å². The lowest BCUT2D eigenvalue weighted by molar-refractivity contribution is -0.672. The topological polar surface area (TPSA) is 119 Å². The van der Waals surface area contributed by atoms with Gasteiger partial charge in [-0.15, -0.1) is 4.33 Å². The van der Waals surface area contributed by atoms with Gasteiger partial charge in [-0.1, -0.05) is 53.6 Å². The molecule has 4 aromatic carbocycles. The summed E-state index contributed by atoms with van der Waals surface area (Å²) in [5.74, 6) is 0.998. The summed E-state index contributed by atoms with van der Waals surface area (Å²) in [6.07, 6.45) is 7.29. The number of para-hydroxylation sites is 2. The standard InChI is InChI=1S/C37H34N2O8S2/c1-44-32-17-13-28(36(24-32)48-47-46-40)19-21-38-30(15-11-26-7-3-5-9-34(26)38)23-31-16-12-27-8-4-6-10-35(27)39(31)22-20-29-14-18-33(45-2)25-37(29)49(41,42)43/h3-18,23-25H,19-22H2,1-2H3,(H-,40,41,42,43)/p+1. The summed E-state index contributed by atoms with van der Waals surface area (Å²) in [6, 6.07) is 30.8. The summed E-state index contributed by atoms with van der Waals surface area (Å²) < 4.78 is 52.2. The Balaban J connectivity index is 1.38. The average molecular weight is 700 g/mol. The molecule has 1 aliphatic rings. The molecule has 252 valence electrons. The summed E-state index contributed by atoms with van der Waals surface area (Å²) in [6.45, 7) is 1.05. The second-order valence-corrected chi connectivity index (χ2v) is 13.4. The molecule has 0 aliphatic carbocycles. The molecule has 5 aromatic rings. The maximum Gasteiger partial charge on any atom is 0.294 e. The zero-order chi connectivity index (χ0) is 34.4. The van der Waals surface area contributed by atoms with Gasteiger partial charge in [-0.3, -0.25) is 4.55 Å². The first kappa shape index (κ1) is 34.2. The number of hydrogen-bond acceptors (Lipinski definition) is 9. The quantitative estimate of drug-likeness (QED) is 0.0430. The van der Waals surface area contributed by atoms with Crippen LogP contribution in [0.25, 0.3) is 23.1 Å². The fraction of sp³-hybridized carbons (Fsp3) is 0.162. The van der Waals surface area contributed by atoms with Crippen molar-refractivity contribution in [1.29, 1.82) is 0 Å². The Labute approximate surface area is 289 Å². The van der Waals surface area contributed by atoms with Crippen molar-refractivity contribution in [2.24, 2.45) is 0 Å². The van der Waals surface area contributed by atoms with Crippen molar-refractivity contribution < 1.29 is 41.6 Å². The molecule has 12 heteroatoms. The van der Waals surface area contributed by atoms with Crippen LogP contribution < -0.4 is 18.9 Å². The number of aryl methyl sites for hydroxylation is 2. The van der Waals surface area contributed by atoms with Crippen LogP contribution in [0.4, 0.5) is 5.69 Å². The van der Waals surface area contributed by atoms with E-state index in [0.29, 0.717) is 43.0 Å². The van der Waals surface area contributed by atoms with Gasteiger partial charge in [0.15, 0.2) is 6.54 Å². The third-order valence-electron chi connectivity index (χ3n) is 8.43. The van der Waals surface area contributed by atoms with Gasteiger partial charge in [0.25, 0.3) is 10.1 Å².